The van der Waals surface area contributed by atoms with Gasteiger partial charge in [-0.1, -0.05) is 6.07 Å². The van der Waals surface area contributed by atoms with Crippen molar-refractivity contribution in [1.82, 2.24) is 0 Å². The first-order chi connectivity index (χ1) is 8.25. The van der Waals surface area contributed by atoms with Gasteiger partial charge in [0.2, 0.25) is 5.91 Å². The molecule has 100 valence electrons. The minimum atomic E-state index is -3.40. The maximum absolute atomic E-state index is 11.8. The van der Waals surface area contributed by atoms with E-state index < -0.39 is 21.0 Å². The summed E-state index contributed by atoms with van der Waals surface area (Å²) in [5.74, 6) is -0.0731. The number of sulfone groups is 1. The van der Waals surface area contributed by atoms with Gasteiger partial charge in [0.25, 0.3) is 0 Å². The lowest BCUT2D eigenvalue weighted by Crippen LogP contribution is -2.31. The molecule has 0 radical (unpaired) electrons. The van der Waals surface area contributed by atoms with Gasteiger partial charge < -0.3 is 10.1 Å². The molecule has 0 aliphatic rings. The summed E-state index contributed by atoms with van der Waals surface area (Å²) in [6.45, 7) is 3.22. The molecule has 5 nitrogen and oxygen atoms in total. The van der Waals surface area contributed by atoms with Gasteiger partial charge in [-0.15, -0.1) is 0 Å². The molecule has 0 saturated heterocycles. The second-order valence-corrected chi connectivity index (χ2v) is 6.53. The average Bonchev–Trinajstić information content (AvgIpc) is 2.27. The van der Waals surface area contributed by atoms with E-state index in [9.17, 15) is 13.2 Å². The van der Waals surface area contributed by atoms with Crippen LogP contribution in [0.3, 0.4) is 0 Å². The highest BCUT2D eigenvalue weighted by atomic mass is 32.2. The average molecular weight is 271 g/mol. The predicted molar refractivity (Wildman–Crippen MR) is 70.7 cm³/mol. The van der Waals surface area contributed by atoms with E-state index in [2.05, 4.69) is 5.32 Å². The van der Waals surface area contributed by atoms with Gasteiger partial charge in [-0.05, 0) is 31.5 Å². The zero-order valence-electron chi connectivity index (χ0n) is 10.9. The fourth-order valence-electron chi connectivity index (χ4n) is 1.35. The summed E-state index contributed by atoms with van der Waals surface area (Å²) in [6, 6.07) is 5.29. The van der Waals surface area contributed by atoms with Crippen LogP contribution < -0.4 is 10.1 Å². The number of carbonyl (C=O) groups excluding carboxylic acids is 1. The van der Waals surface area contributed by atoms with E-state index in [1.165, 1.54) is 14.0 Å². The van der Waals surface area contributed by atoms with Crippen molar-refractivity contribution in [2.24, 2.45) is 0 Å². The Morgan fingerprint density at radius 1 is 1.39 bits per heavy atom. The van der Waals surface area contributed by atoms with E-state index in [1.54, 1.807) is 12.1 Å². The molecule has 1 unspecified atom stereocenters. The highest BCUT2D eigenvalue weighted by Gasteiger charge is 2.24. The molecule has 0 heterocycles. The molecule has 0 saturated carbocycles. The summed E-state index contributed by atoms with van der Waals surface area (Å²) in [5, 5.41) is 1.47. The van der Waals surface area contributed by atoms with E-state index in [0.717, 1.165) is 11.8 Å². The van der Waals surface area contributed by atoms with E-state index in [1.807, 2.05) is 13.0 Å². The minimum Gasteiger partial charge on any atom is -0.495 e. The SMILES string of the molecule is COc1ccc(C)cc1NC(=O)C(C)S(C)(=O)=O. The number of benzene rings is 1. The Hall–Kier alpha value is -1.56. The molecule has 0 aliphatic carbocycles. The third-order valence-electron chi connectivity index (χ3n) is 2.62. The lowest BCUT2D eigenvalue weighted by Gasteiger charge is -2.13. The zero-order valence-corrected chi connectivity index (χ0v) is 11.7. The van der Waals surface area contributed by atoms with Crippen molar-refractivity contribution in [2.45, 2.75) is 19.1 Å². The molecule has 1 aromatic rings. The monoisotopic (exact) mass is 271 g/mol. The highest BCUT2D eigenvalue weighted by Crippen LogP contribution is 2.25. The van der Waals surface area contributed by atoms with Crippen LogP contribution in [0.5, 0.6) is 5.75 Å². The molecule has 1 N–H and O–H groups in total. The molecular weight excluding hydrogens is 254 g/mol. The third kappa shape index (κ3) is 3.46. The first-order valence-corrected chi connectivity index (χ1v) is 7.35. The number of carbonyl (C=O) groups is 1. The number of ether oxygens (including phenoxy) is 1. The number of amides is 1. The zero-order chi connectivity index (χ0) is 13.9. The van der Waals surface area contributed by atoms with Crippen LogP contribution in [0.25, 0.3) is 0 Å². The van der Waals surface area contributed by atoms with Crippen molar-refractivity contribution in [3.8, 4) is 5.75 Å². The summed E-state index contributed by atoms with van der Waals surface area (Å²) < 4.78 is 27.7. The van der Waals surface area contributed by atoms with Crippen molar-refractivity contribution in [3.05, 3.63) is 23.8 Å². The Bertz CT molecular complexity index is 551. The van der Waals surface area contributed by atoms with Crippen molar-refractivity contribution < 1.29 is 17.9 Å². The van der Waals surface area contributed by atoms with Crippen LogP contribution in [0.4, 0.5) is 5.69 Å². The largest absolute Gasteiger partial charge is 0.495 e. The minimum absolute atomic E-state index is 0.470. The fourth-order valence-corrected chi connectivity index (χ4v) is 1.80. The van der Waals surface area contributed by atoms with Crippen molar-refractivity contribution in [3.63, 3.8) is 0 Å². The van der Waals surface area contributed by atoms with Gasteiger partial charge in [-0.3, -0.25) is 4.79 Å². The van der Waals surface area contributed by atoms with Crippen molar-refractivity contribution in [1.29, 1.82) is 0 Å². The van der Waals surface area contributed by atoms with Gasteiger partial charge in [-0.2, -0.15) is 0 Å². The molecule has 0 bridgehead atoms. The normalized spacial score (nSPS) is 12.9. The smallest absolute Gasteiger partial charge is 0.242 e. The molecule has 0 aromatic heterocycles. The molecular formula is C12H17NO4S. The Kier molecular flexibility index (Phi) is 4.34. The van der Waals surface area contributed by atoms with Crippen LogP contribution in [-0.2, 0) is 14.6 Å². The van der Waals surface area contributed by atoms with Gasteiger partial charge in [0.1, 0.15) is 11.0 Å². The van der Waals surface area contributed by atoms with Crippen LogP contribution in [0.2, 0.25) is 0 Å². The Balaban J connectivity index is 2.98. The molecule has 1 rings (SSSR count). The van der Waals surface area contributed by atoms with Crippen molar-refractivity contribution in [2.75, 3.05) is 18.7 Å². The number of nitrogens with one attached hydrogen (secondary N) is 1. The van der Waals surface area contributed by atoms with E-state index in [0.29, 0.717) is 11.4 Å². The maximum atomic E-state index is 11.8. The van der Waals surface area contributed by atoms with Gasteiger partial charge in [0.05, 0.1) is 12.8 Å². The van der Waals surface area contributed by atoms with Gasteiger partial charge in [0.15, 0.2) is 9.84 Å². The number of hydrogen-bond donors (Lipinski definition) is 1. The maximum Gasteiger partial charge on any atom is 0.242 e. The molecule has 0 fully saturated rings. The second kappa shape index (κ2) is 5.39. The number of rotatable bonds is 4. The molecule has 18 heavy (non-hydrogen) atoms. The number of aryl methyl sites for hydroxylation is 1. The van der Waals surface area contributed by atoms with Gasteiger partial charge in [-0.25, -0.2) is 8.42 Å². The summed E-state index contributed by atoms with van der Waals surface area (Å²) in [6.07, 6.45) is 1.03. The van der Waals surface area contributed by atoms with Gasteiger partial charge in [0, 0.05) is 6.26 Å². The van der Waals surface area contributed by atoms with E-state index in [-0.39, 0.29) is 0 Å². The Morgan fingerprint density at radius 2 is 2.00 bits per heavy atom. The van der Waals surface area contributed by atoms with E-state index in [4.69, 9.17) is 4.74 Å². The van der Waals surface area contributed by atoms with Crippen LogP contribution in [0.15, 0.2) is 18.2 Å². The lowest BCUT2D eigenvalue weighted by atomic mass is 10.2. The summed E-state index contributed by atoms with van der Waals surface area (Å²) >= 11 is 0. The summed E-state index contributed by atoms with van der Waals surface area (Å²) in [7, 11) is -1.92. The van der Waals surface area contributed by atoms with Gasteiger partial charge >= 0.3 is 0 Å². The number of anilines is 1. The topological polar surface area (TPSA) is 72.5 Å². The molecule has 1 atom stereocenters. The molecule has 0 spiro atoms. The van der Waals surface area contributed by atoms with Crippen LogP contribution >= 0.6 is 0 Å². The first kappa shape index (κ1) is 14.5. The fraction of sp³-hybridized carbons (Fsp3) is 0.417. The lowest BCUT2D eigenvalue weighted by molar-refractivity contribution is -0.115. The Labute approximate surface area is 107 Å². The predicted octanol–water partition coefficient (Wildman–Crippen LogP) is 1.38. The van der Waals surface area contributed by atoms with Crippen LogP contribution in [0.1, 0.15) is 12.5 Å². The quantitative estimate of drug-likeness (QED) is 0.897. The van der Waals surface area contributed by atoms with E-state index >= 15 is 0 Å². The number of methoxy groups -OCH3 is 1. The molecule has 1 aromatic carbocycles. The second-order valence-electron chi connectivity index (χ2n) is 4.16. The number of hydrogen-bond acceptors (Lipinski definition) is 4. The standard InChI is InChI=1S/C12H17NO4S/c1-8-5-6-11(17-3)10(7-8)13-12(14)9(2)18(4,15)16/h5-7,9H,1-4H3,(H,13,14). The molecule has 1 amide bonds. The summed E-state index contributed by atoms with van der Waals surface area (Å²) in [4.78, 5) is 11.8. The van der Waals surface area contributed by atoms with Crippen molar-refractivity contribution >= 4 is 21.4 Å². The highest BCUT2D eigenvalue weighted by molar-refractivity contribution is 7.92. The molecule has 6 heteroatoms. The summed E-state index contributed by atoms with van der Waals surface area (Å²) in [5.41, 5.74) is 1.41. The Morgan fingerprint density at radius 3 is 2.50 bits per heavy atom. The van der Waals surface area contributed by atoms with Crippen LogP contribution in [-0.4, -0.2) is 32.9 Å². The first-order valence-electron chi connectivity index (χ1n) is 5.40. The molecule has 0 aliphatic heterocycles. The third-order valence-corrected chi connectivity index (χ3v) is 4.12. The van der Waals surface area contributed by atoms with Crippen LogP contribution in [0, 0.1) is 6.92 Å².